The summed E-state index contributed by atoms with van der Waals surface area (Å²) in [7, 11) is 1.59. The number of esters is 1. The Morgan fingerprint density at radius 3 is 2.56 bits per heavy atom. The smallest absolute Gasteiger partial charge is 0.338 e. The fourth-order valence-electron chi connectivity index (χ4n) is 4.20. The van der Waals surface area contributed by atoms with Crippen LogP contribution in [0.1, 0.15) is 38.1 Å². The second-order valence-electron chi connectivity index (χ2n) is 9.01. The van der Waals surface area contributed by atoms with Gasteiger partial charge in [0.2, 0.25) is 0 Å². The van der Waals surface area contributed by atoms with E-state index < -0.39 is 12.0 Å². The summed E-state index contributed by atoms with van der Waals surface area (Å²) in [4.78, 5) is 33.2. The van der Waals surface area contributed by atoms with Crippen LogP contribution in [-0.4, -0.2) is 23.8 Å². The number of rotatable bonds is 7. The molecule has 39 heavy (non-hydrogen) atoms. The van der Waals surface area contributed by atoms with E-state index in [9.17, 15) is 9.59 Å². The third-order valence-electron chi connectivity index (χ3n) is 5.92. The molecule has 1 atom stereocenters. The van der Waals surface area contributed by atoms with Crippen molar-refractivity contribution in [1.82, 2.24) is 4.57 Å². The SMILES string of the molecule is COc1ccc([C@H]2C(C(=O)OC(C)C)=C(C)N=c3s/c(=C/c4cc(Br)c(Sc5ccccc5)o4)c(=O)n32)cc1. The molecule has 2 aromatic carbocycles. The van der Waals surface area contributed by atoms with Gasteiger partial charge in [0.1, 0.15) is 11.5 Å². The Hall–Kier alpha value is -3.34. The topological polar surface area (TPSA) is 83.0 Å². The minimum atomic E-state index is -0.701. The van der Waals surface area contributed by atoms with Crippen molar-refractivity contribution in [3.8, 4) is 5.75 Å². The van der Waals surface area contributed by atoms with Gasteiger partial charge in [0.15, 0.2) is 9.89 Å². The van der Waals surface area contributed by atoms with Gasteiger partial charge in [-0.05, 0) is 72.6 Å². The summed E-state index contributed by atoms with van der Waals surface area (Å²) in [6, 6.07) is 18.3. The van der Waals surface area contributed by atoms with Crippen LogP contribution in [0.15, 0.2) is 101 Å². The van der Waals surface area contributed by atoms with Crippen molar-refractivity contribution in [2.75, 3.05) is 7.11 Å². The Bertz CT molecular complexity index is 1730. The van der Waals surface area contributed by atoms with Crippen molar-refractivity contribution in [1.29, 1.82) is 0 Å². The molecule has 1 aliphatic rings. The maximum absolute atomic E-state index is 13.8. The van der Waals surface area contributed by atoms with Crippen LogP contribution in [0.4, 0.5) is 0 Å². The van der Waals surface area contributed by atoms with Gasteiger partial charge in [-0.15, -0.1) is 0 Å². The van der Waals surface area contributed by atoms with Crippen LogP contribution in [-0.2, 0) is 9.53 Å². The number of methoxy groups -OCH3 is 1. The lowest BCUT2D eigenvalue weighted by Crippen LogP contribution is -2.40. The zero-order valence-corrected chi connectivity index (χ0v) is 24.9. The number of fused-ring (bicyclic) bond motifs is 1. The molecule has 0 bridgehead atoms. The van der Waals surface area contributed by atoms with E-state index in [4.69, 9.17) is 13.9 Å². The van der Waals surface area contributed by atoms with Crippen LogP contribution in [0.3, 0.4) is 0 Å². The number of thiazole rings is 1. The number of halogens is 1. The number of hydrogen-bond acceptors (Lipinski definition) is 8. The van der Waals surface area contributed by atoms with Crippen LogP contribution in [0.5, 0.6) is 5.75 Å². The first-order valence-corrected chi connectivity index (χ1v) is 14.6. The van der Waals surface area contributed by atoms with E-state index in [1.54, 1.807) is 50.7 Å². The Kier molecular flexibility index (Phi) is 7.97. The molecule has 0 aliphatic carbocycles. The maximum Gasteiger partial charge on any atom is 0.338 e. The Labute approximate surface area is 241 Å². The van der Waals surface area contributed by atoms with E-state index in [2.05, 4.69) is 20.9 Å². The van der Waals surface area contributed by atoms with Gasteiger partial charge in [-0.3, -0.25) is 9.36 Å². The molecule has 2 aromatic heterocycles. The molecule has 0 unspecified atom stereocenters. The van der Waals surface area contributed by atoms with Crippen molar-refractivity contribution in [2.45, 2.75) is 42.9 Å². The highest BCUT2D eigenvalue weighted by Gasteiger charge is 2.33. The minimum Gasteiger partial charge on any atom is -0.497 e. The number of hydrogen-bond donors (Lipinski definition) is 0. The largest absolute Gasteiger partial charge is 0.497 e. The standard InChI is InChI=1S/C29H25BrN2O5S2/c1-16(2)36-27(34)24-17(3)31-29-32(25(24)18-10-12-19(35-4)13-11-18)26(33)23(39-29)15-20-14-22(30)28(37-20)38-21-8-6-5-7-9-21/h5-16,25H,1-4H3/b23-15+/t25-/m0/s1. The van der Waals surface area contributed by atoms with Crippen LogP contribution in [0.2, 0.25) is 0 Å². The van der Waals surface area contributed by atoms with E-state index in [-0.39, 0.29) is 11.7 Å². The summed E-state index contributed by atoms with van der Waals surface area (Å²) in [5.41, 5.74) is 1.31. The van der Waals surface area contributed by atoms with Crippen molar-refractivity contribution in [3.63, 3.8) is 0 Å². The third-order valence-corrected chi connectivity index (χ3v) is 8.75. The summed E-state index contributed by atoms with van der Waals surface area (Å²) in [5, 5.41) is 0.686. The van der Waals surface area contributed by atoms with Crippen LogP contribution >= 0.6 is 39.0 Å². The fraction of sp³-hybridized carbons (Fsp3) is 0.207. The summed E-state index contributed by atoms with van der Waals surface area (Å²) in [6.45, 7) is 5.34. The Morgan fingerprint density at radius 2 is 1.90 bits per heavy atom. The number of aromatic nitrogens is 1. The average Bonchev–Trinajstić information content (AvgIpc) is 3.41. The third kappa shape index (κ3) is 5.68. The molecule has 0 fully saturated rings. The number of carbonyl (C=O) groups excluding carboxylic acids is 1. The lowest BCUT2D eigenvalue weighted by molar-refractivity contribution is -0.143. The molecule has 0 amide bonds. The number of carbonyl (C=O) groups is 1. The van der Waals surface area contributed by atoms with E-state index in [0.29, 0.717) is 37.2 Å². The zero-order valence-electron chi connectivity index (χ0n) is 21.6. The molecule has 5 rings (SSSR count). The summed E-state index contributed by atoms with van der Waals surface area (Å²) in [6.07, 6.45) is 1.39. The second kappa shape index (κ2) is 11.4. The van der Waals surface area contributed by atoms with Gasteiger partial charge in [-0.25, -0.2) is 9.79 Å². The summed E-state index contributed by atoms with van der Waals surface area (Å²) < 4.78 is 19.7. The van der Waals surface area contributed by atoms with Gasteiger partial charge in [0.25, 0.3) is 5.56 Å². The molecule has 3 heterocycles. The highest BCUT2D eigenvalue weighted by atomic mass is 79.9. The first-order valence-electron chi connectivity index (χ1n) is 12.1. The predicted octanol–water partition coefficient (Wildman–Crippen LogP) is 5.70. The van der Waals surface area contributed by atoms with E-state index in [1.807, 2.05) is 48.5 Å². The van der Waals surface area contributed by atoms with E-state index >= 15 is 0 Å². The highest BCUT2D eigenvalue weighted by molar-refractivity contribution is 9.10. The second-order valence-corrected chi connectivity index (χ2v) is 11.9. The van der Waals surface area contributed by atoms with Crippen molar-refractivity contribution in [3.05, 3.63) is 107 Å². The minimum absolute atomic E-state index is 0.272. The number of ether oxygens (including phenoxy) is 2. The van der Waals surface area contributed by atoms with Gasteiger partial charge >= 0.3 is 5.97 Å². The summed E-state index contributed by atoms with van der Waals surface area (Å²) >= 11 is 6.30. The molecule has 0 saturated heterocycles. The quantitative estimate of drug-likeness (QED) is 0.245. The predicted molar refractivity (Wildman–Crippen MR) is 155 cm³/mol. The normalized spacial score (nSPS) is 15.3. The molecule has 4 aromatic rings. The fourth-order valence-corrected chi connectivity index (χ4v) is 6.57. The maximum atomic E-state index is 13.8. The van der Waals surface area contributed by atoms with Crippen molar-refractivity contribution >= 4 is 51.1 Å². The average molecular weight is 626 g/mol. The molecule has 0 saturated carbocycles. The molecule has 0 N–H and O–H groups in total. The van der Waals surface area contributed by atoms with Crippen molar-refractivity contribution in [2.24, 2.45) is 4.99 Å². The monoisotopic (exact) mass is 624 g/mol. The summed E-state index contributed by atoms with van der Waals surface area (Å²) in [5.74, 6) is 0.700. The number of allylic oxidation sites excluding steroid dienone is 1. The molecule has 0 spiro atoms. The van der Waals surface area contributed by atoms with Crippen LogP contribution < -0.4 is 19.6 Å². The van der Waals surface area contributed by atoms with Gasteiger partial charge in [-0.1, -0.05) is 53.4 Å². The van der Waals surface area contributed by atoms with Crippen LogP contribution in [0, 0.1) is 0 Å². The van der Waals surface area contributed by atoms with E-state index in [0.717, 1.165) is 14.9 Å². The number of benzene rings is 2. The van der Waals surface area contributed by atoms with Crippen LogP contribution in [0.25, 0.3) is 6.08 Å². The molecular formula is C29H25BrN2O5S2. The van der Waals surface area contributed by atoms with Gasteiger partial charge in [-0.2, -0.15) is 0 Å². The first-order chi connectivity index (χ1) is 18.7. The Morgan fingerprint density at radius 1 is 1.18 bits per heavy atom. The molecule has 200 valence electrons. The van der Waals surface area contributed by atoms with Gasteiger partial charge in [0.05, 0.1) is 39.5 Å². The zero-order chi connectivity index (χ0) is 27.7. The first kappa shape index (κ1) is 27.2. The highest BCUT2D eigenvalue weighted by Crippen LogP contribution is 2.36. The molecular weight excluding hydrogens is 600 g/mol. The molecule has 7 nitrogen and oxygen atoms in total. The van der Waals surface area contributed by atoms with Gasteiger partial charge in [0, 0.05) is 11.0 Å². The number of furan rings is 1. The molecule has 1 aliphatic heterocycles. The number of nitrogens with zero attached hydrogens (tertiary/aromatic N) is 2. The molecule has 0 radical (unpaired) electrons. The van der Waals surface area contributed by atoms with E-state index in [1.165, 1.54) is 23.1 Å². The van der Waals surface area contributed by atoms with Gasteiger partial charge < -0.3 is 13.9 Å². The lowest BCUT2D eigenvalue weighted by Gasteiger charge is -2.25. The Balaban J connectivity index is 1.61. The van der Waals surface area contributed by atoms with Crippen molar-refractivity contribution < 1.29 is 18.7 Å². The lowest BCUT2D eigenvalue weighted by atomic mass is 9.96. The molecule has 10 heteroatoms.